The van der Waals surface area contributed by atoms with Gasteiger partial charge in [0.15, 0.2) is 0 Å². The first-order valence-electron chi connectivity index (χ1n) is 4.14. The molecule has 0 aromatic heterocycles. The lowest BCUT2D eigenvalue weighted by Crippen LogP contribution is -2.06. The Kier molecular flexibility index (Phi) is 3.85. The van der Waals surface area contributed by atoms with Gasteiger partial charge in [-0.3, -0.25) is 0 Å². The van der Waals surface area contributed by atoms with Crippen molar-refractivity contribution < 1.29 is 19.4 Å². The Labute approximate surface area is 95.0 Å². The molecular weight excluding hydrogens is 264 g/mol. The number of benzene rings is 1. The molecule has 80 valence electrons. The van der Waals surface area contributed by atoms with Crippen LogP contribution < -0.4 is 4.74 Å². The van der Waals surface area contributed by atoms with E-state index in [0.717, 1.165) is 0 Å². The van der Waals surface area contributed by atoms with Crippen molar-refractivity contribution in [2.45, 2.75) is 6.42 Å². The molecule has 0 spiro atoms. The summed E-state index contributed by atoms with van der Waals surface area (Å²) in [4.78, 5) is 21.5. The highest BCUT2D eigenvalue weighted by Gasteiger charge is 2.18. The molecule has 0 bridgehead atoms. The van der Waals surface area contributed by atoms with Gasteiger partial charge in [0.05, 0.1) is 7.11 Å². The Hall–Kier alpha value is -1.36. The predicted octanol–water partition coefficient (Wildman–Crippen LogP) is 1.90. The van der Waals surface area contributed by atoms with Crippen LogP contribution in [0.4, 0.5) is 0 Å². The summed E-state index contributed by atoms with van der Waals surface area (Å²) in [5, 5.41) is 9.01. The molecule has 5 heteroatoms. The van der Waals surface area contributed by atoms with Crippen LogP contribution in [-0.4, -0.2) is 24.5 Å². The van der Waals surface area contributed by atoms with E-state index in [0.29, 0.717) is 16.3 Å². The summed E-state index contributed by atoms with van der Waals surface area (Å²) in [5.41, 5.74) is 0.454. The summed E-state index contributed by atoms with van der Waals surface area (Å²) in [6.07, 6.45) is 0.700. The molecule has 1 aromatic carbocycles. The van der Waals surface area contributed by atoms with Crippen LogP contribution in [0.5, 0.6) is 5.75 Å². The fraction of sp³-hybridized carbons (Fsp3) is 0.200. The number of rotatable bonds is 4. The standard InChI is InChI=1S/C10H9BrO4/c1-15-8-3-2-7(11)6(4-5-12)9(8)10(13)14/h2-3,5H,4H2,1H3,(H,13,14). The minimum atomic E-state index is -1.11. The lowest BCUT2D eigenvalue weighted by molar-refractivity contribution is -0.107. The van der Waals surface area contributed by atoms with E-state index < -0.39 is 5.97 Å². The Balaban J connectivity index is 3.42. The molecular formula is C10H9BrO4. The second-order valence-electron chi connectivity index (χ2n) is 2.78. The molecule has 0 fully saturated rings. The monoisotopic (exact) mass is 272 g/mol. The van der Waals surface area contributed by atoms with Crippen molar-refractivity contribution in [2.75, 3.05) is 7.11 Å². The van der Waals surface area contributed by atoms with E-state index >= 15 is 0 Å². The summed E-state index contributed by atoms with van der Waals surface area (Å²) in [7, 11) is 1.39. The number of aldehydes is 1. The van der Waals surface area contributed by atoms with Gasteiger partial charge >= 0.3 is 5.97 Å². The highest BCUT2D eigenvalue weighted by atomic mass is 79.9. The number of aromatic carboxylic acids is 1. The van der Waals surface area contributed by atoms with Crippen molar-refractivity contribution in [3.63, 3.8) is 0 Å². The van der Waals surface area contributed by atoms with Crippen LogP contribution in [0.15, 0.2) is 16.6 Å². The van der Waals surface area contributed by atoms with Crippen LogP contribution >= 0.6 is 15.9 Å². The van der Waals surface area contributed by atoms with E-state index in [4.69, 9.17) is 9.84 Å². The van der Waals surface area contributed by atoms with Gasteiger partial charge in [-0.05, 0) is 17.7 Å². The average Bonchev–Trinajstić information content (AvgIpc) is 2.20. The van der Waals surface area contributed by atoms with Gasteiger partial charge in [-0.15, -0.1) is 0 Å². The van der Waals surface area contributed by atoms with Crippen LogP contribution in [0, 0.1) is 0 Å². The molecule has 0 amide bonds. The largest absolute Gasteiger partial charge is 0.496 e. The predicted molar refractivity (Wildman–Crippen MR) is 57.4 cm³/mol. The Bertz CT molecular complexity index is 401. The molecule has 0 unspecified atom stereocenters. The Morgan fingerprint density at radius 1 is 1.60 bits per heavy atom. The summed E-state index contributed by atoms with van der Waals surface area (Å²) in [5.74, 6) is -0.854. The molecule has 0 atom stereocenters. The van der Waals surface area contributed by atoms with Crippen LogP contribution in [0.1, 0.15) is 15.9 Å². The van der Waals surface area contributed by atoms with Gasteiger partial charge in [-0.1, -0.05) is 15.9 Å². The average molecular weight is 273 g/mol. The lowest BCUT2D eigenvalue weighted by atomic mass is 10.0. The molecule has 0 aliphatic heterocycles. The highest BCUT2D eigenvalue weighted by Crippen LogP contribution is 2.29. The maximum atomic E-state index is 11.0. The minimum Gasteiger partial charge on any atom is -0.496 e. The maximum Gasteiger partial charge on any atom is 0.339 e. The van der Waals surface area contributed by atoms with Gasteiger partial charge in [-0.25, -0.2) is 4.79 Å². The number of hydrogen-bond donors (Lipinski definition) is 1. The molecule has 0 radical (unpaired) electrons. The van der Waals surface area contributed by atoms with Crippen molar-refractivity contribution in [2.24, 2.45) is 0 Å². The first kappa shape index (κ1) is 11.7. The highest BCUT2D eigenvalue weighted by molar-refractivity contribution is 9.10. The molecule has 1 N–H and O–H groups in total. The molecule has 0 saturated heterocycles. The fourth-order valence-corrected chi connectivity index (χ4v) is 1.78. The summed E-state index contributed by atoms with van der Waals surface area (Å²) in [6.45, 7) is 0. The number of carbonyl (C=O) groups is 2. The van der Waals surface area contributed by atoms with E-state index in [1.807, 2.05) is 0 Å². The molecule has 1 aromatic rings. The van der Waals surface area contributed by atoms with Gasteiger partial charge in [0.25, 0.3) is 0 Å². The van der Waals surface area contributed by atoms with Crippen molar-refractivity contribution in [1.82, 2.24) is 0 Å². The van der Waals surface area contributed by atoms with Crippen molar-refractivity contribution in [1.29, 1.82) is 0 Å². The Morgan fingerprint density at radius 2 is 2.27 bits per heavy atom. The van der Waals surface area contributed by atoms with Crippen LogP contribution in [0.3, 0.4) is 0 Å². The van der Waals surface area contributed by atoms with Crippen molar-refractivity contribution >= 4 is 28.2 Å². The van der Waals surface area contributed by atoms with E-state index in [1.165, 1.54) is 7.11 Å². The Morgan fingerprint density at radius 3 is 2.73 bits per heavy atom. The van der Waals surface area contributed by atoms with E-state index in [-0.39, 0.29) is 17.7 Å². The molecule has 1 rings (SSSR count). The molecule has 4 nitrogen and oxygen atoms in total. The maximum absolute atomic E-state index is 11.0. The van der Waals surface area contributed by atoms with E-state index in [9.17, 15) is 9.59 Å². The zero-order chi connectivity index (χ0) is 11.4. The summed E-state index contributed by atoms with van der Waals surface area (Å²) < 4.78 is 5.52. The molecule has 0 aliphatic carbocycles. The number of carboxylic acid groups (broad SMARTS) is 1. The first-order valence-corrected chi connectivity index (χ1v) is 4.93. The third kappa shape index (κ3) is 2.36. The number of halogens is 1. The molecule has 0 heterocycles. The SMILES string of the molecule is COc1ccc(Br)c(CC=O)c1C(=O)O. The van der Waals surface area contributed by atoms with Crippen LogP contribution in [-0.2, 0) is 11.2 Å². The zero-order valence-electron chi connectivity index (χ0n) is 7.99. The molecule has 0 aliphatic rings. The van der Waals surface area contributed by atoms with Gasteiger partial charge in [0.2, 0.25) is 0 Å². The van der Waals surface area contributed by atoms with Crippen LogP contribution in [0.25, 0.3) is 0 Å². The number of methoxy groups -OCH3 is 1. The first-order chi connectivity index (χ1) is 7.11. The van der Waals surface area contributed by atoms with Gasteiger partial charge < -0.3 is 14.6 Å². The molecule has 0 saturated carbocycles. The van der Waals surface area contributed by atoms with E-state index in [1.54, 1.807) is 12.1 Å². The molecule has 15 heavy (non-hydrogen) atoms. The normalized spacial score (nSPS) is 9.73. The smallest absolute Gasteiger partial charge is 0.339 e. The van der Waals surface area contributed by atoms with Crippen LogP contribution in [0.2, 0.25) is 0 Å². The lowest BCUT2D eigenvalue weighted by Gasteiger charge is -2.10. The zero-order valence-corrected chi connectivity index (χ0v) is 9.58. The van der Waals surface area contributed by atoms with E-state index in [2.05, 4.69) is 15.9 Å². The summed E-state index contributed by atoms with van der Waals surface area (Å²) >= 11 is 3.20. The second-order valence-corrected chi connectivity index (χ2v) is 3.63. The fourth-order valence-electron chi connectivity index (χ4n) is 1.29. The quantitative estimate of drug-likeness (QED) is 0.851. The summed E-state index contributed by atoms with van der Waals surface area (Å²) in [6, 6.07) is 3.20. The minimum absolute atomic E-state index is 0.0268. The second kappa shape index (κ2) is 4.93. The van der Waals surface area contributed by atoms with Crippen molar-refractivity contribution in [3.05, 3.63) is 27.7 Å². The van der Waals surface area contributed by atoms with Crippen molar-refractivity contribution in [3.8, 4) is 5.75 Å². The number of hydrogen-bond acceptors (Lipinski definition) is 3. The number of ether oxygens (including phenoxy) is 1. The van der Waals surface area contributed by atoms with Gasteiger partial charge in [0, 0.05) is 10.9 Å². The number of carbonyl (C=O) groups excluding carboxylic acids is 1. The van der Waals surface area contributed by atoms with Gasteiger partial charge in [-0.2, -0.15) is 0 Å². The topological polar surface area (TPSA) is 63.6 Å². The third-order valence-electron chi connectivity index (χ3n) is 1.94. The third-order valence-corrected chi connectivity index (χ3v) is 2.68. The number of carboxylic acids is 1. The van der Waals surface area contributed by atoms with Gasteiger partial charge in [0.1, 0.15) is 17.6 Å².